The summed E-state index contributed by atoms with van der Waals surface area (Å²) in [5, 5.41) is 180. The van der Waals surface area contributed by atoms with Crippen molar-refractivity contribution >= 4 is 129 Å². The first kappa shape index (κ1) is 124. The topological polar surface area (TPSA) is 915 Å². The summed E-state index contributed by atoms with van der Waals surface area (Å²) in [5.41, 5.74) is 0. The van der Waals surface area contributed by atoms with Crippen LogP contribution in [0.4, 0.5) is 0 Å². The average Bonchev–Trinajstić information content (AvgIpc) is 0.762. The van der Waals surface area contributed by atoms with Gasteiger partial charge in [0.2, 0.25) is 88.6 Å². The lowest BCUT2D eigenvalue weighted by Gasteiger charge is -2.50. The number of carboxylic acid groups (broad SMARTS) is 5. The maximum absolute atomic E-state index is 15.1. The van der Waals surface area contributed by atoms with Crippen molar-refractivity contribution in [2.45, 2.75) is 332 Å². The zero-order chi connectivity index (χ0) is 107. The summed E-state index contributed by atoms with van der Waals surface area (Å²) in [4.78, 5) is 271. The van der Waals surface area contributed by atoms with Gasteiger partial charge in [0.25, 0.3) is 0 Å². The van der Waals surface area contributed by atoms with Crippen LogP contribution in [0.2, 0.25) is 0 Å². The molecule has 0 radical (unpaired) electrons. The van der Waals surface area contributed by atoms with Crippen LogP contribution in [0, 0.1) is 29.6 Å². The van der Waals surface area contributed by atoms with Crippen LogP contribution in [0.1, 0.15) is 167 Å². The Kier molecular flexibility index (Phi) is 51.8. The fourth-order valence-electron chi connectivity index (χ4n) is 14.5. The van der Waals surface area contributed by atoms with E-state index in [1.54, 1.807) is 20.8 Å². The predicted octanol–water partition coefficient (Wildman–Crippen LogP) is -12.1. The Hall–Kier alpha value is -11.3. The number of aliphatic carboxylic acids is 5. The van der Waals surface area contributed by atoms with Crippen LogP contribution >= 0.6 is 0 Å². The van der Waals surface area contributed by atoms with E-state index in [-0.39, 0.29) is 6.42 Å². The highest BCUT2D eigenvalue weighted by atomic mass is 32.3. The molecule has 0 aromatic heterocycles. The van der Waals surface area contributed by atoms with Crippen molar-refractivity contribution in [1.82, 2.24) is 79.8 Å². The van der Waals surface area contributed by atoms with Crippen LogP contribution < -0.4 is 79.8 Å². The molecule has 3 fully saturated rings. The zero-order valence-corrected chi connectivity index (χ0v) is 80.4. The quantitative estimate of drug-likeness (QED) is 0.0251. The summed E-state index contributed by atoms with van der Waals surface area (Å²) in [6.07, 6.45) is -38.5. The first-order chi connectivity index (χ1) is 65.6. The van der Waals surface area contributed by atoms with Crippen LogP contribution in [0.15, 0.2) is 0 Å². The van der Waals surface area contributed by atoms with Crippen molar-refractivity contribution in [1.29, 1.82) is 0 Å². The molecule has 29 atom stereocenters. The van der Waals surface area contributed by atoms with Gasteiger partial charge in [-0.2, -0.15) is 8.42 Å². The minimum absolute atomic E-state index is 0.191. The fourth-order valence-corrected chi connectivity index (χ4v) is 15.0. The Morgan fingerprint density at radius 1 is 0.404 bits per heavy atom. The van der Waals surface area contributed by atoms with Gasteiger partial charge in [-0.25, -0.2) is 8.98 Å². The van der Waals surface area contributed by atoms with Crippen molar-refractivity contribution in [2.24, 2.45) is 29.6 Å². The molecule has 0 aromatic carbocycles. The Morgan fingerprint density at radius 3 is 1.26 bits per heavy atom. The van der Waals surface area contributed by atoms with Crippen LogP contribution in [0.25, 0.3) is 0 Å². The normalized spacial score (nSPS) is 24.0. The van der Waals surface area contributed by atoms with Gasteiger partial charge < -0.3 is 175 Å². The molecule has 3 aliphatic rings. The van der Waals surface area contributed by atoms with Crippen LogP contribution in [-0.2, 0) is 134 Å². The average molecular weight is 2050 g/mol. The number of aliphatic hydroxyl groups excluding tert-OH is 9. The number of hydrogen-bond donors (Lipinski definition) is 30. The first-order valence-corrected chi connectivity index (χ1v) is 46.4. The van der Waals surface area contributed by atoms with E-state index in [2.05, 4.69) is 68.0 Å². The molecule has 3 saturated heterocycles. The number of ether oxygens (including phenoxy) is 5. The molecular weight excluding hydrogens is 1920 g/mol. The summed E-state index contributed by atoms with van der Waals surface area (Å²) < 4.78 is 67.5. The van der Waals surface area contributed by atoms with Gasteiger partial charge in [0, 0.05) is 33.1 Å². The van der Waals surface area contributed by atoms with Gasteiger partial charge in [-0.05, 0) is 68.6 Å². The maximum Gasteiger partial charge on any atom is 0.397 e. The molecule has 58 nitrogen and oxygen atoms in total. The number of rotatable bonds is 60. The largest absolute Gasteiger partial charge is 0.481 e. The van der Waals surface area contributed by atoms with Gasteiger partial charge in [-0.1, -0.05) is 82.1 Å². The van der Waals surface area contributed by atoms with Gasteiger partial charge in [0.15, 0.2) is 18.8 Å². The molecule has 0 aliphatic carbocycles. The van der Waals surface area contributed by atoms with Crippen molar-refractivity contribution in [2.75, 3.05) is 33.0 Å². The van der Waals surface area contributed by atoms with Gasteiger partial charge >= 0.3 is 40.2 Å². The number of amides is 15. The van der Waals surface area contributed by atoms with E-state index in [0.717, 1.165) is 20.8 Å². The van der Waals surface area contributed by atoms with E-state index in [4.69, 9.17) is 23.7 Å². The fraction of sp³-hybridized carbons (Fsp3) is 0.756. The van der Waals surface area contributed by atoms with Crippen molar-refractivity contribution in [3.63, 3.8) is 0 Å². The number of carbonyl (C=O) groups excluding carboxylic acids is 15. The molecule has 0 spiro atoms. The highest BCUT2D eigenvalue weighted by Crippen LogP contribution is 2.34. The van der Waals surface area contributed by atoms with Gasteiger partial charge in [-0.3, -0.25) is 95.6 Å². The zero-order valence-electron chi connectivity index (χ0n) is 79.5. The van der Waals surface area contributed by atoms with Crippen molar-refractivity contribution in [3.8, 4) is 0 Å². The van der Waals surface area contributed by atoms with E-state index < -0.39 is 420 Å². The van der Waals surface area contributed by atoms with E-state index in [1.165, 1.54) is 48.5 Å². The van der Waals surface area contributed by atoms with Crippen LogP contribution in [0.5, 0.6) is 0 Å². The Balaban J connectivity index is 2.17. The molecule has 3 rings (SSSR count). The maximum atomic E-state index is 15.1. The highest BCUT2D eigenvalue weighted by Gasteiger charge is 2.56. The SMILES string of the molecule is CC[C@H](C)[C@H](NC(=O)[C@H](CC(=O)O)NC(=O)[C@H](CCC(=O)O)NC(=O)[C@H](CO)NC(=O)[C@H](CCC(=O)O)NC(=O)[C@H](CC(C)C)NC(=O)[C@H](CCC(=O)O)NC(=O)[C@@H](NC(=O)[C@H](CC(C)C)NC(=O)[C@H](CC(=O)N[C@@H]1O[C@H](CO)[C@@H](O[C@@H]2OC[C@@H](O)[C@@H](O)[C@@H]2O)[C@H](O[C@@H]2O[C@H](CO)[C@H](O)[C@H](OS(=O)(=O)O)[C@H]2O)[C@H]1NC(C)=O)NC(=O)CNC(=O)[C@@H](NC(=O)[C@@H](NC(C)=O)[C@@H](C)CC)C(C)C)[C@@H](C)O)C(=O)O. The molecule has 15 amide bonds. The van der Waals surface area contributed by atoms with E-state index in [0.29, 0.717) is 6.42 Å². The predicted molar refractivity (Wildman–Crippen MR) is 472 cm³/mol. The lowest BCUT2D eigenvalue weighted by Crippen LogP contribution is -2.72. The van der Waals surface area contributed by atoms with Crippen molar-refractivity contribution in [3.05, 3.63) is 0 Å². The highest BCUT2D eigenvalue weighted by molar-refractivity contribution is 7.80. The smallest absolute Gasteiger partial charge is 0.397 e. The molecule has 0 aromatic rings. The van der Waals surface area contributed by atoms with Gasteiger partial charge in [0.1, 0.15) is 140 Å². The number of carboxylic acids is 5. The summed E-state index contributed by atoms with van der Waals surface area (Å²) in [6.45, 7) is 12.5. The number of aliphatic hydroxyl groups is 9. The van der Waals surface area contributed by atoms with Gasteiger partial charge in [0.05, 0.1) is 51.9 Å². The lowest BCUT2D eigenvalue weighted by atomic mass is 9.93. The second kappa shape index (κ2) is 58.9. The molecule has 141 heavy (non-hydrogen) atoms. The molecule has 3 aliphatic heterocycles. The molecule has 0 bridgehead atoms. The summed E-state index contributed by atoms with van der Waals surface area (Å²) in [7, 11) is -5.61. The summed E-state index contributed by atoms with van der Waals surface area (Å²) >= 11 is 0. The second-order valence-corrected chi connectivity index (χ2v) is 36.3. The van der Waals surface area contributed by atoms with Gasteiger partial charge in [-0.15, -0.1) is 0 Å². The third-order valence-electron chi connectivity index (χ3n) is 22.4. The summed E-state index contributed by atoms with van der Waals surface area (Å²) in [5.74, 6) is -30.5. The second-order valence-electron chi connectivity index (χ2n) is 35.3. The third-order valence-corrected chi connectivity index (χ3v) is 22.9. The number of nitrogens with one attached hydrogen (secondary N) is 15. The molecule has 802 valence electrons. The Morgan fingerprint density at radius 2 is 0.823 bits per heavy atom. The molecule has 3 heterocycles. The van der Waals surface area contributed by atoms with E-state index in [9.17, 15) is 176 Å². The van der Waals surface area contributed by atoms with E-state index >= 15 is 4.79 Å². The van der Waals surface area contributed by atoms with Crippen LogP contribution in [0.3, 0.4) is 0 Å². The standard InChI is InChI=1S/C82H135N15O43S/c1-14-34(9)57(84-37(12)102)77(128)95-56(33(7)8)76(127)83-26-51(106)86-44(24-50(105)94-79-60(85-38(13)103)66(65(49(29-100)136-79)138-81-63(117)61(115)47(104)30-135-81)139-82-64(118)67(140-141(132,133)134)62(116)48(28-99)137-82)72(123)91-43(23-32(5)6)73(124)97-59(36(11)101)78(129)89-41(18-21-54(111)112)69(120)90-42(22-31(3)4)71(122)87-40(17-20-53(109)110)70(121)93-46(27-98)75(126)88-39(16-19-52(107)108)68(119)92-45(25-55(113)114)74(125)96-58(80(130)131)35(10)15-2/h31-36,39-49,56-67,79,81-82,98-101,104,115-118H,14-30H2,1-13H3,(H,83,127)(H,84,102)(H,85,103)(H,86,106)(H,87,122)(H,88,126)(H,89,129)(H,90,120)(H,91,123)(H,92,119)(H,93,121)(H,94,105)(H,95,128)(H,96,125)(H,97,124)(H,107,108)(H,109,110)(H,111,112)(H,113,114)(H,130,131)(H,132,133,134)/t34-,35-,36+,39-,40-,41-,42-,43-,44-,45-,46-,47+,48+,49+,56-,57-,58-,59-,60+,61+,62-,63-,64+,65+,66+,67-,79+,81-,82-/m0/s1. The van der Waals surface area contributed by atoms with Crippen molar-refractivity contribution < 1.29 is 208 Å². The molecule has 0 unspecified atom stereocenters. The Bertz CT molecular complexity index is 4420. The number of carbonyl (C=O) groups is 20. The minimum Gasteiger partial charge on any atom is -0.481 e. The monoisotopic (exact) mass is 2050 g/mol. The van der Waals surface area contributed by atoms with E-state index in [1.807, 2.05) is 16.0 Å². The Labute approximate surface area is 807 Å². The van der Waals surface area contributed by atoms with Crippen LogP contribution in [-0.4, -0.2) is 400 Å². The lowest BCUT2D eigenvalue weighted by molar-refractivity contribution is -0.354. The molecular formula is C82H135N15O43S. The minimum atomic E-state index is -5.61. The summed E-state index contributed by atoms with van der Waals surface area (Å²) in [6, 6.07) is -25.1. The number of hydrogen-bond acceptors (Lipinski definition) is 37. The first-order valence-electron chi connectivity index (χ1n) is 45.0. The molecule has 30 N–H and O–H groups in total. The molecule has 0 saturated carbocycles. The third kappa shape index (κ3) is 40.9. The molecule has 59 heteroatoms.